The van der Waals surface area contributed by atoms with E-state index in [9.17, 15) is 0 Å². The van der Waals surface area contributed by atoms with Crippen molar-refractivity contribution in [3.8, 4) is 0 Å². The van der Waals surface area contributed by atoms with Gasteiger partial charge in [-0.25, -0.2) is 9.97 Å². The number of aryl methyl sites for hydroxylation is 1. The van der Waals surface area contributed by atoms with Gasteiger partial charge in [0.2, 0.25) is 5.95 Å². The van der Waals surface area contributed by atoms with Gasteiger partial charge in [-0.05, 0) is 25.3 Å². The first-order valence-electron chi connectivity index (χ1n) is 6.31. The highest BCUT2D eigenvalue weighted by molar-refractivity contribution is 5.34. The quantitative estimate of drug-likeness (QED) is 0.866. The maximum Gasteiger partial charge on any atom is 0.225 e. The van der Waals surface area contributed by atoms with Crippen LogP contribution in [-0.2, 0) is 0 Å². The first-order valence-corrected chi connectivity index (χ1v) is 6.31. The number of hydrogen-bond acceptors (Lipinski definition) is 4. The van der Waals surface area contributed by atoms with Crippen LogP contribution in [0.15, 0.2) is 6.07 Å². The first kappa shape index (κ1) is 12.3. The molecule has 0 aromatic carbocycles. The lowest BCUT2D eigenvalue weighted by molar-refractivity contribution is 0.238. The summed E-state index contributed by atoms with van der Waals surface area (Å²) in [5, 5.41) is 9.16. The molecule has 4 nitrogen and oxygen atoms in total. The van der Waals surface area contributed by atoms with E-state index >= 15 is 0 Å². The summed E-state index contributed by atoms with van der Waals surface area (Å²) in [6, 6.07) is 2.05. The van der Waals surface area contributed by atoms with Gasteiger partial charge in [0, 0.05) is 37.0 Å². The van der Waals surface area contributed by atoms with Crippen LogP contribution in [0.4, 0.5) is 5.95 Å². The summed E-state index contributed by atoms with van der Waals surface area (Å²) in [7, 11) is 0. The van der Waals surface area contributed by atoms with Gasteiger partial charge >= 0.3 is 0 Å². The molecule has 1 aromatic rings. The van der Waals surface area contributed by atoms with E-state index in [0.717, 1.165) is 36.8 Å². The summed E-state index contributed by atoms with van der Waals surface area (Å²) in [6.07, 6.45) is 1.03. The molecule has 1 saturated heterocycles. The average molecular weight is 235 g/mol. The molecule has 1 N–H and O–H groups in total. The van der Waals surface area contributed by atoms with Crippen molar-refractivity contribution in [1.29, 1.82) is 0 Å². The molecule has 0 aliphatic carbocycles. The van der Waals surface area contributed by atoms with Crippen molar-refractivity contribution in [1.82, 2.24) is 9.97 Å². The number of aliphatic hydroxyl groups is 1. The molecule has 1 unspecified atom stereocenters. The number of anilines is 1. The van der Waals surface area contributed by atoms with Gasteiger partial charge in [-0.2, -0.15) is 0 Å². The van der Waals surface area contributed by atoms with Crippen molar-refractivity contribution in [2.45, 2.75) is 33.1 Å². The Morgan fingerprint density at radius 1 is 1.47 bits per heavy atom. The molecule has 1 fully saturated rings. The van der Waals surface area contributed by atoms with Gasteiger partial charge in [-0.15, -0.1) is 0 Å². The number of aromatic nitrogens is 2. The summed E-state index contributed by atoms with van der Waals surface area (Å²) >= 11 is 0. The monoisotopic (exact) mass is 235 g/mol. The van der Waals surface area contributed by atoms with Gasteiger partial charge in [0.05, 0.1) is 0 Å². The van der Waals surface area contributed by atoms with E-state index in [1.807, 2.05) is 13.0 Å². The molecule has 2 rings (SSSR count). The molecule has 1 atom stereocenters. The first-order chi connectivity index (χ1) is 8.10. The number of rotatable bonds is 3. The highest BCUT2D eigenvalue weighted by Crippen LogP contribution is 2.22. The fourth-order valence-corrected chi connectivity index (χ4v) is 2.18. The fraction of sp³-hybridized carbons (Fsp3) is 0.692. The molecule has 0 radical (unpaired) electrons. The smallest absolute Gasteiger partial charge is 0.225 e. The third-order valence-electron chi connectivity index (χ3n) is 3.28. The highest BCUT2D eigenvalue weighted by atomic mass is 16.3. The molecule has 0 amide bonds. The molecule has 2 heterocycles. The minimum absolute atomic E-state index is 0.263. The lowest BCUT2D eigenvalue weighted by Gasteiger charge is -2.18. The Bertz CT molecular complexity index is 392. The average Bonchev–Trinajstić information content (AvgIpc) is 2.76. The Morgan fingerprint density at radius 3 is 2.82 bits per heavy atom. The van der Waals surface area contributed by atoms with Crippen LogP contribution in [0.25, 0.3) is 0 Å². The van der Waals surface area contributed by atoms with E-state index in [2.05, 4.69) is 28.7 Å². The van der Waals surface area contributed by atoms with Crippen molar-refractivity contribution in [3.05, 3.63) is 17.5 Å². The van der Waals surface area contributed by atoms with Gasteiger partial charge < -0.3 is 10.0 Å². The zero-order valence-electron chi connectivity index (χ0n) is 10.8. The van der Waals surface area contributed by atoms with Gasteiger partial charge in [0.25, 0.3) is 0 Å². The van der Waals surface area contributed by atoms with Crippen LogP contribution in [0.5, 0.6) is 0 Å². The van der Waals surface area contributed by atoms with Gasteiger partial charge in [0.15, 0.2) is 0 Å². The lowest BCUT2D eigenvalue weighted by Crippen LogP contribution is -2.23. The third kappa shape index (κ3) is 2.75. The van der Waals surface area contributed by atoms with Gasteiger partial charge in [0.1, 0.15) is 0 Å². The molecule has 0 bridgehead atoms. The molecular weight excluding hydrogens is 214 g/mol. The Balaban J connectivity index is 2.21. The number of nitrogens with zero attached hydrogens (tertiary/aromatic N) is 3. The maximum atomic E-state index is 9.16. The van der Waals surface area contributed by atoms with Crippen LogP contribution in [-0.4, -0.2) is 34.8 Å². The Morgan fingerprint density at radius 2 is 2.24 bits per heavy atom. The van der Waals surface area contributed by atoms with E-state index in [0.29, 0.717) is 11.8 Å². The predicted molar refractivity (Wildman–Crippen MR) is 68.3 cm³/mol. The van der Waals surface area contributed by atoms with Crippen molar-refractivity contribution in [2.24, 2.45) is 5.92 Å². The standard InChI is InChI=1S/C13H21N3O/c1-9(2)12-6-10(3)14-13(15-12)16-5-4-11(7-16)8-17/h6,9,11,17H,4-5,7-8H2,1-3H3. The van der Waals surface area contributed by atoms with Crippen molar-refractivity contribution in [2.75, 3.05) is 24.6 Å². The van der Waals surface area contributed by atoms with E-state index < -0.39 is 0 Å². The summed E-state index contributed by atoms with van der Waals surface area (Å²) in [4.78, 5) is 11.3. The Hall–Kier alpha value is -1.16. The Kier molecular flexibility index (Phi) is 3.62. The van der Waals surface area contributed by atoms with Crippen LogP contribution in [0.1, 0.15) is 37.6 Å². The zero-order valence-corrected chi connectivity index (χ0v) is 10.8. The topological polar surface area (TPSA) is 49.2 Å². The second-order valence-electron chi connectivity index (χ2n) is 5.17. The van der Waals surface area contributed by atoms with E-state index in [4.69, 9.17) is 5.11 Å². The summed E-state index contributed by atoms with van der Waals surface area (Å²) in [5.74, 6) is 1.62. The molecule has 0 saturated carbocycles. The third-order valence-corrected chi connectivity index (χ3v) is 3.28. The van der Waals surface area contributed by atoms with Crippen LogP contribution in [0, 0.1) is 12.8 Å². The van der Waals surface area contributed by atoms with E-state index in [1.54, 1.807) is 0 Å². The van der Waals surface area contributed by atoms with Crippen molar-refractivity contribution < 1.29 is 5.11 Å². The normalized spacial score (nSPS) is 20.3. The summed E-state index contributed by atoms with van der Waals surface area (Å²) < 4.78 is 0. The molecule has 0 spiro atoms. The minimum atomic E-state index is 0.263. The minimum Gasteiger partial charge on any atom is -0.396 e. The van der Waals surface area contributed by atoms with Crippen LogP contribution >= 0.6 is 0 Å². The maximum absolute atomic E-state index is 9.16. The molecule has 1 aromatic heterocycles. The van der Waals surface area contributed by atoms with Crippen molar-refractivity contribution >= 4 is 5.95 Å². The van der Waals surface area contributed by atoms with E-state index in [-0.39, 0.29) is 6.61 Å². The second-order valence-corrected chi connectivity index (χ2v) is 5.17. The molecule has 1 aliphatic heterocycles. The number of aliphatic hydroxyl groups excluding tert-OH is 1. The zero-order chi connectivity index (χ0) is 12.4. The van der Waals surface area contributed by atoms with Gasteiger partial charge in [-0.3, -0.25) is 0 Å². The largest absolute Gasteiger partial charge is 0.396 e. The summed E-state index contributed by atoms with van der Waals surface area (Å²) in [5.41, 5.74) is 2.12. The molecule has 94 valence electrons. The highest BCUT2D eigenvalue weighted by Gasteiger charge is 2.24. The van der Waals surface area contributed by atoms with Crippen LogP contribution in [0.2, 0.25) is 0 Å². The number of hydrogen-bond donors (Lipinski definition) is 1. The lowest BCUT2D eigenvalue weighted by atomic mass is 10.1. The molecule has 1 aliphatic rings. The molecule has 4 heteroatoms. The predicted octanol–water partition coefficient (Wildman–Crippen LogP) is 1.73. The summed E-state index contributed by atoms with van der Waals surface area (Å²) in [6.45, 7) is 8.39. The van der Waals surface area contributed by atoms with E-state index in [1.165, 1.54) is 0 Å². The second kappa shape index (κ2) is 5.00. The van der Waals surface area contributed by atoms with Crippen LogP contribution in [0.3, 0.4) is 0 Å². The van der Waals surface area contributed by atoms with Crippen molar-refractivity contribution in [3.63, 3.8) is 0 Å². The fourth-order valence-electron chi connectivity index (χ4n) is 2.18. The molecular formula is C13H21N3O. The SMILES string of the molecule is Cc1cc(C(C)C)nc(N2CCC(CO)C2)n1. The van der Waals surface area contributed by atoms with Gasteiger partial charge in [-0.1, -0.05) is 13.8 Å². The Labute approximate surface area is 103 Å². The van der Waals surface area contributed by atoms with Crippen LogP contribution < -0.4 is 4.90 Å². The molecule has 17 heavy (non-hydrogen) atoms.